The standard InChI is InChI=1S/C11H17N/c1-3-9-12-10(2)11-7-5-4-6-8-11/h4-8,10,12H,3,9H2,1-2H3. The van der Waals surface area contributed by atoms with Crippen LogP contribution in [-0.4, -0.2) is 6.54 Å². The summed E-state index contributed by atoms with van der Waals surface area (Å²) in [5.74, 6) is 0. The van der Waals surface area contributed by atoms with Crippen molar-refractivity contribution in [3.05, 3.63) is 35.9 Å². The van der Waals surface area contributed by atoms with Gasteiger partial charge in [-0.15, -0.1) is 0 Å². The van der Waals surface area contributed by atoms with Gasteiger partial charge in [-0.2, -0.15) is 0 Å². The van der Waals surface area contributed by atoms with Gasteiger partial charge >= 0.3 is 0 Å². The van der Waals surface area contributed by atoms with E-state index in [2.05, 4.69) is 49.5 Å². The van der Waals surface area contributed by atoms with Crippen LogP contribution in [0.3, 0.4) is 0 Å². The molecule has 1 N–H and O–H groups in total. The van der Waals surface area contributed by atoms with Crippen LogP contribution in [-0.2, 0) is 0 Å². The fraction of sp³-hybridized carbons (Fsp3) is 0.455. The van der Waals surface area contributed by atoms with E-state index in [0.717, 1.165) is 6.54 Å². The molecule has 1 atom stereocenters. The fourth-order valence-corrected chi connectivity index (χ4v) is 1.22. The van der Waals surface area contributed by atoms with Gasteiger partial charge in [0.2, 0.25) is 0 Å². The molecule has 0 amide bonds. The highest BCUT2D eigenvalue weighted by Gasteiger charge is 2.00. The predicted molar refractivity (Wildman–Crippen MR) is 53.2 cm³/mol. The fourth-order valence-electron chi connectivity index (χ4n) is 1.22. The normalized spacial score (nSPS) is 12.8. The summed E-state index contributed by atoms with van der Waals surface area (Å²) in [6.07, 6.45) is 1.19. The van der Waals surface area contributed by atoms with Gasteiger partial charge in [-0.1, -0.05) is 37.3 Å². The van der Waals surface area contributed by atoms with Crippen LogP contribution in [0.25, 0.3) is 0 Å². The van der Waals surface area contributed by atoms with E-state index in [1.54, 1.807) is 0 Å². The second kappa shape index (κ2) is 4.94. The number of benzene rings is 1. The molecule has 1 aromatic rings. The quantitative estimate of drug-likeness (QED) is 0.719. The minimum Gasteiger partial charge on any atom is -0.310 e. The molecule has 1 heteroatoms. The maximum Gasteiger partial charge on any atom is 0.0291 e. The van der Waals surface area contributed by atoms with Crippen LogP contribution in [0, 0.1) is 0 Å². The molecule has 0 spiro atoms. The third kappa shape index (κ3) is 2.67. The summed E-state index contributed by atoms with van der Waals surface area (Å²) >= 11 is 0. The van der Waals surface area contributed by atoms with Crippen molar-refractivity contribution in [1.82, 2.24) is 5.32 Å². The van der Waals surface area contributed by atoms with Gasteiger partial charge in [0, 0.05) is 6.04 Å². The summed E-state index contributed by atoms with van der Waals surface area (Å²) in [4.78, 5) is 0. The maximum absolute atomic E-state index is 3.45. The Hall–Kier alpha value is -0.820. The predicted octanol–water partition coefficient (Wildman–Crippen LogP) is 2.75. The molecule has 0 saturated heterocycles. The Balaban J connectivity index is 2.48. The molecule has 0 saturated carbocycles. The number of nitrogens with one attached hydrogen (secondary N) is 1. The molecule has 1 unspecified atom stereocenters. The van der Waals surface area contributed by atoms with E-state index in [9.17, 15) is 0 Å². The lowest BCUT2D eigenvalue weighted by molar-refractivity contribution is 0.571. The molecule has 1 nitrogen and oxygen atoms in total. The molecule has 0 bridgehead atoms. The van der Waals surface area contributed by atoms with Crippen LogP contribution in [0.4, 0.5) is 0 Å². The molecule has 0 aliphatic rings. The van der Waals surface area contributed by atoms with E-state index >= 15 is 0 Å². The van der Waals surface area contributed by atoms with Crippen LogP contribution in [0.5, 0.6) is 0 Å². The van der Waals surface area contributed by atoms with Gasteiger partial charge in [-0.25, -0.2) is 0 Å². The highest BCUT2D eigenvalue weighted by molar-refractivity contribution is 5.17. The third-order valence-electron chi connectivity index (χ3n) is 2.00. The summed E-state index contributed by atoms with van der Waals surface area (Å²) in [7, 11) is 0. The zero-order valence-electron chi connectivity index (χ0n) is 7.88. The van der Waals surface area contributed by atoms with Crippen molar-refractivity contribution >= 4 is 0 Å². The van der Waals surface area contributed by atoms with Crippen LogP contribution < -0.4 is 5.32 Å². The second-order valence-corrected chi connectivity index (χ2v) is 3.09. The molecule has 1 aromatic carbocycles. The van der Waals surface area contributed by atoms with Crippen molar-refractivity contribution in [3.8, 4) is 0 Å². The molecule has 0 heterocycles. The molecular weight excluding hydrogens is 146 g/mol. The first-order valence-corrected chi connectivity index (χ1v) is 4.63. The third-order valence-corrected chi connectivity index (χ3v) is 2.00. The smallest absolute Gasteiger partial charge is 0.0291 e. The largest absolute Gasteiger partial charge is 0.310 e. The Morgan fingerprint density at radius 3 is 2.50 bits per heavy atom. The van der Waals surface area contributed by atoms with Crippen molar-refractivity contribution in [2.75, 3.05) is 6.54 Å². The average Bonchev–Trinajstić information content (AvgIpc) is 2.15. The zero-order valence-corrected chi connectivity index (χ0v) is 7.88. The zero-order chi connectivity index (χ0) is 8.81. The Morgan fingerprint density at radius 2 is 1.92 bits per heavy atom. The van der Waals surface area contributed by atoms with Gasteiger partial charge in [0.05, 0.1) is 0 Å². The topological polar surface area (TPSA) is 12.0 Å². The number of rotatable bonds is 4. The highest BCUT2D eigenvalue weighted by atomic mass is 14.9. The van der Waals surface area contributed by atoms with Gasteiger partial charge in [0.15, 0.2) is 0 Å². The Kier molecular flexibility index (Phi) is 3.81. The monoisotopic (exact) mass is 163 g/mol. The lowest BCUT2D eigenvalue weighted by atomic mass is 10.1. The minimum absolute atomic E-state index is 0.478. The Morgan fingerprint density at radius 1 is 1.25 bits per heavy atom. The van der Waals surface area contributed by atoms with Gasteiger partial charge in [0.1, 0.15) is 0 Å². The number of hydrogen-bond donors (Lipinski definition) is 1. The van der Waals surface area contributed by atoms with Gasteiger partial charge in [-0.3, -0.25) is 0 Å². The van der Waals surface area contributed by atoms with E-state index < -0.39 is 0 Å². The van der Waals surface area contributed by atoms with Gasteiger partial charge in [-0.05, 0) is 25.5 Å². The summed E-state index contributed by atoms with van der Waals surface area (Å²) in [5, 5.41) is 3.45. The van der Waals surface area contributed by atoms with E-state index in [4.69, 9.17) is 0 Å². The van der Waals surface area contributed by atoms with E-state index in [-0.39, 0.29) is 0 Å². The van der Waals surface area contributed by atoms with Crippen molar-refractivity contribution in [2.24, 2.45) is 0 Å². The summed E-state index contributed by atoms with van der Waals surface area (Å²) in [6, 6.07) is 11.0. The molecule has 0 fully saturated rings. The maximum atomic E-state index is 3.45. The van der Waals surface area contributed by atoms with Crippen molar-refractivity contribution in [3.63, 3.8) is 0 Å². The summed E-state index contributed by atoms with van der Waals surface area (Å²) in [5.41, 5.74) is 1.37. The molecule has 0 radical (unpaired) electrons. The van der Waals surface area contributed by atoms with E-state index in [1.807, 2.05) is 0 Å². The molecule has 1 rings (SSSR count). The SMILES string of the molecule is CCCNC(C)c1ccccc1. The number of hydrogen-bond acceptors (Lipinski definition) is 1. The molecule has 0 aliphatic carbocycles. The summed E-state index contributed by atoms with van der Waals surface area (Å²) < 4.78 is 0. The Bertz CT molecular complexity index is 206. The molecule has 12 heavy (non-hydrogen) atoms. The van der Waals surface area contributed by atoms with Crippen LogP contribution in [0.2, 0.25) is 0 Å². The Labute approximate surface area is 74.8 Å². The second-order valence-electron chi connectivity index (χ2n) is 3.09. The first-order chi connectivity index (χ1) is 5.84. The average molecular weight is 163 g/mol. The van der Waals surface area contributed by atoms with Crippen molar-refractivity contribution < 1.29 is 0 Å². The lowest BCUT2D eigenvalue weighted by Crippen LogP contribution is -2.18. The first-order valence-electron chi connectivity index (χ1n) is 4.63. The van der Waals surface area contributed by atoms with Gasteiger partial charge < -0.3 is 5.32 Å². The van der Waals surface area contributed by atoms with Crippen LogP contribution in [0.1, 0.15) is 31.9 Å². The van der Waals surface area contributed by atoms with Gasteiger partial charge in [0.25, 0.3) is 0 Å². The lowest BCUT2D eigenvalue weighted by Gasteiger charge is -2.12. The first kappa shape index (κ1) is 9.27. The molecule has 66 valence electrons. The van der Waals surface area contributed by atoms with Crippen LogP contribution in [0.15, 0.2) is 30.3 Å². The summed E-state index contributed by atoms with van der Waals surface area (Å²) in [6.45, 7) is 5.48. The molecule has 0 aliphatic heterocycles. The van der Waals surface area contributed by atoms with Crippen molar-refractivity contribution in [2.45, 2.75) is 26.3 Å². The van der Waals surface area contributed by atoms with Crippen molar-refractivity contribution in [1.29, 1.82) is 0 Å². The van der Waals surface area contributed by atoms with Crippen LogP contribution >= 0.6 is 0 Å². The van der Waals surface area contributed by atoms with E-state index in [0.29, 0.717) is 6.04 Å². The molecular formula is C11H17N. The molecule has 0 aromatic heterocycles. The minimum atomic E-state index is 0.478. The highest BCUT2D eigenvalue weighted by Crippen LogP contribution is 2.10. The van der Waals surface area contributed by atoms with E-state index in [1.165, 1.54) is 12.0 Å².